The summed E-state index contributed by atoms with van der Waals surface area (Å²) in [5, 5.41) is 9.88. The first-order valence-corrected chi connectivity index (χ1v) is 6.13. The van der Waals surface area contributed by atoms with Gasteiger partial charge in [0.15, 0.2) is 0 Å². The predicted octanol–water partition coefficient (Wildman–Crippen LogP) is 3.33. The van der Waals surface area contributed by atoms with Crippen molar-refractivity contribution in [2.24, 2.45) is 0 Å². The molecule has 2 heteroatoms. The normalized spacial score (nSPS) is 27.6. The molecule has 1 aliphatic rings. The highest BCUT2D eigenvalue weighted by Gasteiger charge is 2.13. The zero-order chi connectivity index (χ0) is 12.4. The van der Waals surface area contributed by atoms with E-state index in [1.807, 2.05) is 19.3 Å². The van der Waals surface area contributed by atoms with Crippen LogP contribution in [0.4, 0.5) is 0 Å². The van der Waals surface area contributed by atoms with Crippen molar-refractivity contribution >= 4 is 0 Å². The Morgan fingerprint density at radius 3 is 2.76 bits per heavy atom. The van der Waals surface area contributed by atoms with Gasteiger partial charge in [0.2, 0.25) is 0 Å². The zero-order valence-corrected chi connectivity index (χ0v) is 10.8. The molecule has 17 heavy (non-hydrogen) atoms. The molecule has 0 saturated carbocycles. The second-order valence-electron chi connectivity index (χ2n) is 5.04. The van der Waals surface area contributed by atoms with E-state index in [1.165, 1.54) is 22.3 Å². The van der Waals surface area contributed by atoms with Gasteiger partial charge in [-0.05, 0) is 39.2 Å². The third kappa shape index (κ3) is 2.89. The maximum atomic E-state index is 9.88. The Morgan fingerprint density at radius 1 is 1.24 bits per heavy atom. The monoisotopic (exact) mass is 232 g/mol. The molecule has 1 aromatic rings. The number of aryl methyl sites for hydroxylation is 1. The molecule has 92 valence electrons. The molecule has 0 aromatic carbocycles. The first-order chi connectivity index (χ1) is 8.06. The van der Waals surface area contributed by atoms with E-state index in [2.05, 4.69) is 19.9 Å². The summed E-state index contributed by atoms with van der Waals surface area (Å²) in [4.78, 5) is 0. The van der Waals surface area contributed by atoms with Crippen LogP contribution < -0.4 is 0 Å². The van der Waals surface area contributed by atoms with Crippen LogP contribution >= 0.6 is 0 Å². The predicted molar refractivity (Wildman–Crippen MR) is 69.0 cm³/mol. The fourth-order valence-corrected chi connectivity index (χ4v) is 2.33. The number of furan rings is 1. The molecule has 0 amide bonds. The van der Waals surface area contributed by atoms with E-state index in [4.69, 9.17) is 4.42 Å². The van der Waals surface area contributed by atoms with Crippen LogP contribution in [0.25, 0.3) is 0 Å². The molecule has 1 unspecified atom stereocenters. The molecule has 0 spiro atoms. The van der Waals surface area contributed by atoms with E-state index < -0.39 is 0 Å². The van der Waals surface area contributed by atoms with Crippen LogP contribution in [0.1, 0.15) is 37.2 Å². The van der Waals surface area contributed by atoms with Gasteiger partial charge >= 0.3 is 0 Å². The van der Waals surface area contributed by atoms with Crippen molar-refractivity contribution in [3.05, 3.63) is 46.4 Å². The average molecular weight is 232 g/mol. The summed E-state index contributed by atoms with van der Waals surface area (Å²) in [6.45, 7) is 6.21. The van der Waals surface area contributed by atoms with Gasteiger partial charge in [-0.25, -0.2) is 0 Å². The number of aliphatic hydroxyl groups is 1. The van der Waals surface area contributed by atoms with Crippen LogP contribution in [0.2, 0.25) is 0 Å². The van der Waals surface area contributed by atoms with E-state index in [-0.39, 0.29) is 6.10 Å². The lowest BCUT2D eigenvalue weighted by molar-refractivity contribution is 0.222. The van der Waals surface area contributed by atoms with E-state index >= 15 is 0 Å². The lowest BCUT2D eigenvalue weighted by atomic mass is 9.97. The van der Waals surface area contributed by atoms with Crippen molar-refractivity contribution < 1.29 is 9.52 Å². The average Bonchev–Trinajstić information content (AvgIpc) is 2.56. The van der Waals surface area contributed by atoms with Crippen LogP contribution in [0.3, 0.4) is 0 Å². The second kappa shape index (κ2) is 4.92. The minimum absolute atomic E-state index is 0.371. The van der Waals surface area contributed by atoms with Crippen LogP contribution in [-0.2, 0) is 12.8 Å². The number of aliphatic hydroxyl groups excluding tert-OH is 1. The third-order valence-corrected chi connectivity index (χ3v) is 3.29. The van der Waals surface area contributed by atoms with Crippen molar-refractivity contribution in [1.29, 1.82) is 0 Å². The quantitative estimate of drug-likeness (QED) is 0.696. The summed E-state index contributed by atoms with van der Waals surface area (Å²) in [5.41, 5.74) is 4.92. The molecule has 0 aliphatic heterocycles. The summed E-state index contributed by atoms with van der Waals surface area (Å²) in [5.74, 6) is 1.04. The first kappa shape index (κ1) is 12.2. The molecule has 2 rings (SSSR count). The largest absolute Gasteiger partial charge is 0.468 e. The van der Waals surface area contributed by atoms with Gasteiger partial charge in [-0.2, -0.15) is 0 Å². The standard InChI is InChI=1S/C15H20O2/c1-10-4-5-14-12(3)9-17-15(14)8-11(2)7-13(16)6-10/h4,7,9,13,16H,5-6,8H2,1-3H3/b10-4+,11-7+. The lowest BCUT2D eigenvalue weighted by Crippen LogP contribution is -2.06. The topological polar surface area (TPSA) is 33.4 Å². The molecular formula is C15H20O2. The zero-order valence-electron chi connectivity index (χ0n) is 10.8. The minimum Gasteiger partial charge on any atom is -0.468 e. The summed E-state index contributed by atoms with van der Waals surface area (Å²) in [6, 6.07) is 0. The summed E-state index contributed by atoms with van der Waals surface area (Å²) in [6.07, 6.45) is 8.02. The van der Waals surface area contributed by atoms with Crippen LogP contribution in [-0.4, -0.2) is 11.2 Å². The second-order valence-corrected chi connectivity index (χ2v) is 5.04. The van der Waals surface area contributed by atoms with Gasteiger partial charge in [0.1, 0.15) is 5.76 Å². The summed E-state index contributed by atoms with van der Waals surface area (Å²) < 4.78 is 5.61. The number of fused-ring (bicyclic) bond motifs is 1. The van der Waals surface area contributed by atoms with Gasteiger partial charge in [0.05, 0.1) is 12.4 Å². The summed E-state index contributed by atoms with van der Waals surface area (Å²) in [7, 11) is 0. The molecule has 1 aliphatic carbocycles. The Morgan fingerprint density at radius 2 is 2.00 bits per heavy atom. The molecule has 0 radical (unpaired) electrons. The molecule has 1 aromatic heterocycles. The molecule has 1 heterocycles. The Hall–Kier alpha value is -1.28. The maximum absolute atomic E-state index is 9.88. The lowest BCUT2D eigenvalue weighted by Gasteiger charge is -2.11. The molecule has 2 nitrogen and oxygen atoms in total. The number of allylic oxidation sites excluding steroid dienone is 2. The fraction of sp³-hybridized carbons (Fsp3) is 0.467. The van der Waals surface area contributed by atoms with E-state index in [0.29, 0.717) is 0 Å². The van der Waals surface area contributed by atoms with Crippen molar-refractivity contribution in [3.63, 3.8) is 0 Å². The Balaban J connectivity index is 2.39. The molecule has 0 bridgehead atoms. The van der Waals surface area contributed by atoms with Crippen LogP contribution in [0.15, 0.2) is 34.0 Å². The van der Waals surface area contributed by atoms with Crippen LogP contribution in [0.5, 0.6) is 0 Å². The summed E-state index contributed by atoms with van der Waals surface area (Å²) >= 11 is 0. The number of hydrogen-bond acceptors (Lipinski definition) is 2. The number of hydrogen-bond donors (Lipinski definition) is 1. The van der Waals surface area contributed by atoms with E-state index in [1.54, 1.807) is 0 Å². The minimum atomic E-state index is -0.371. The highest BCUT2D eigenvalue weighted by molar-refractivity contribution is 5.33. The fourth-order valence-electron chi connectivity index (χ4n) is 2.33. The molecule has 0 saturated heterocycles. The Bertz CT molecular complexity index is 463. The SMILES string of the molecule is C/C1=C\C(O)C/C(C)=C/Cc2c(C)coc2C1. The van der Waals surface area contributed by atoms with Crippen molar-refractivity contribution in [3.8, 4) is 0 Å². The molecule has 1 N–H and O–H groups in total. The van der Waals surface area contributed by atoms with E-state index in [9.17, 15) is 5.11 Å². The van der Waals surface area contributed by atoms with Gasteiger partial charge < -0.3 is 9.52 Å². The smallest absolute Gasteiger partial charge is 0.111 e. The van der Waals surface area contributed by atoms with E-state index in [0.717, 1.165) is 25.0 Å². The van der Waals surface area contributed by atoms with Gasteiger partial charge in [-0.3, -0.25) is 0 Å². The van der Waals surface area contributed by atoms with Crippen molar-refractivity contribution in [2.75, 3.05) is 0 Å². The Kier molecular flexibility index (Phi) is 3.53. The van der Waals surface area contributed by atoms with Crippen molar-refractivity contribution in [2.45, 2.75) is 46.1 Å². The van der Waals surface area contributed by atoms with Gasteiger partial charge in [-0.15, -0.1) is 0 Å². The highest BCUT2D eigenvalue weighted by Crippen LogP contribution is 2.23. The third-order valence-electron chi connectivity index (χ3n) is 3.29. The first-order valence-electron chi connectivity index (χ1n) is 6.13. The van der Waals surface area contributed by atoms with Crippen LogP contribution in [0, 0.1) is 6.92 Å². The molecular weight excluding hydrogens is 212 g/mol. The highest BCUT2D eigenvalue weighted by atomic mass is 16.3. The van der Waals surface area contributed by atoms with Gasteiger partial charge in [-0.1, -0.05) is 23.3 Å². The molecule has 1 atom stereocenters. The van der Waals surface area contributed by atoms with Gasteiger partial charge in [0.25, 0.3) is 0 Å². The Labute approximate surface area is 103 Å². The van der Waals surface area contributed by atoms with Crippen molar-refractivity contribution in [1.82, 2.24) is 0 Å². The molecule has 0 fully saturated rings. The van der Waals surface area contributed by atoms with Gasteiger partial charge in [0, 0.05) is 12.0 Å². The maximum Gasteiger partial charge on any atom is 0.111 e. The number of rotatable bonds is 0.